The molecule has 1 fully saturated rings. The molecule has 2 aliphatic heterocycles. The number of carbonyl (C=O) groups is 1. The maximum absolute atomic E-state index is 14.3. The first-order chi connectivity index (χ1) is 17.9. The number of hydrogen-bond acceptors (Lipinski definition) is 9. The number of amides is 1. The number of benzene rings is 1. The van der Waals surface area contributed by atoms with Gasteiger partial charge in [0, 0.05) is 30.8 Å². The Balaban J connectivity index is 1.14. The summed E-state index contributed by atoms with van der Waals surface area (Å²) in [6, 6.07) is 2.28. The molecular formula is C24H22ClF2N5O4S. The lowest BCUT2D eigenvalue weighted by atomic mass is 9.97. The first-order valence-corrected chi connectivity index (χ1v) is 12.8. The minimum Gasteiger partial charge on any atom is -0.480 e. The number of hydrogen-bond donors (Lipinski definition) is 0. The molecule has 0 bridgehead atoms. The van der Waals surface area contributed by atoms with E-state index in [1.165, 1.54) is 36.9 Å². The number of rotatable bonds is 7. The van der Waals surface area contributed by atoms with Gasteiger partial charge in [-0.3, -0.25) is 9.78 Å². The van der Waals surface area contributed by atoms with E-state index in [4.69, 9.17) is 30.9 Å². The number of ether oxygens (including phenoxy) is 2. The van der Waals surface area contributed by atoms with Crippen molar-refractivity contribution >= 4 is 34.6 Å². The third-order valence-corrected chi connectivity index (χ3v) is 7.56. The second-order valence-corrected chi connectivity index (χ2v) is 9.80. The van der Waals surface area contributed by atoms with Crippen LogP contribution < -0.4 is 9.47 Å². The van der Waals surface area contributed by atoms with E-state index in [0.29, 0.717) is 30.4 Å². The topological polar surface area (TPSA) is 99.0 Å². The molecule has 5 rings (SSSR count). The lowest BCUT2D eigenvalue weighted by molar-refractivity contribution is -0.134. The highest BCUT2D eigenvalue weighted by Gasteiger charge is 2.32. The summed E-state index contributed by atoms with van der Waals surface area (Å²) in [4.78, 5) is 32.5. The lowest BCUT2D eigenvalue weighted by Crippen LogP contribution is -2.40. The fourth-order valence-corrected chi connectivity index (χ4v) is 5.50. The van der Waals surface area contributed by atoms with Crippen LogP contribution in [-0.2, 0) is 9.63 Å². The molecule has 1 atom stereocenters. The molecule has 2 aromatic heterocycles. The Hall–Kier alpha value is -3.38. The van der Waals surface area contributed by atoms with Crippen LogP contribution in [-0.4, -0.2) is 58.3 Å². The van der Waals surface area contributed by atoms with Gasteiger partial charge >= 0.3 is 0 Å². The van der Waals surface area contributed by atoms with Crippen LogP contribution in [0, 0.1) is 11.6 Å². The summed E-state index contributed by atoms with van der Waals surface area (Å²) in [5.74, 6) is -1.42. The van der Waals surface area contributed by atoms with Crippen molar-refractivity contribution in [2.45, 2.75) is 31.3 Å². The Labute approximate surface area is 220 Å². The summed E-state index contributed by atoms with van der Waals surface area (Å²) in [6.07, 6.45) is 3.80. The van der Waals surface area contributed by atoms with E-state index < -0.39 is 17.7 Å². The van der Waals surface area contributed by atoms with E-state index in [0.717, 1.165) is 23.9 Å². The van der Waals surface area contributed by atoms with Gasteiger partial charge in [-0.15, -0.1) is 11.3 Å². The number of methoxy groups -OCH3 is 1. The predicted octanol–water partition coefficient (Wildman–Crippen LogP) is 4.52. The fraction of sp³-hybridized carbons (Fsp3) is 0.375. The van der Waals surface area contributed by atoms with Crippen molar-refractivity contribution in [3.8, 4) is 11.8 Å². The molecule has 37 heavy (non-hydrogen) atoms. The number of likely N-dealkylation sites (tertiary alicyclic amines) is 1. The van der Waals surface area contributed by atoms with Gasteiger partial charge in [0.1, 0.15) is 5.71 Å². The van der Waals surface area contributed by atoms with E-state index in [9.17, 15) is 13.6 Å². The van der Waals surface area contributed by atoms with Gasteiger partial charge in [-0.1, -0.05) is 16.8 Å². The number of aromatic nitrogens is 3. The van der Waals surface area contributed by atoms with Gasteiger partial charge in [-0.2, -0.15) is 4.98 Å². The molecule has 1 aromatic carbocycles. The predicted molar refractivity (Wildman–Crippen MR) is 131 cm³/mol. The number of oxime groups is 1. The Morgan fingerprint density at radius 1 is 1.22 bits per heavy atom. The number of thiazole rings is 1. The van der Waals surface area contributed by atoms with Crippen molar-refractivity contribution in [3.05, 3.63) is 62.8 Å². The Morgan fingerprint density at radius 3 is 2.78 bits per heavy atom. The quantitative estimate of drug-likeness (QED) is 0.399. The van der Waals surface area contributed by atoms with Gasteiger partial charge < -0.3 is 19.2 Å². The van der Waals surface area contributed by atoms with Gasteiger partial charge in [0.05, 0.1) is 40.8 Å². The third-order valence-electron chi connectivity index (χ3n) is 6.23. The number of nitrogens with zero attached hydrogens (tertiary/aromatic N) is 5. The summed E-state index contributed by atoms with van der Waals surface area (Å²) in [5, 5.41) is 6.96. The van der Waals surface area contributed by atoms with Gasteiger partial charge in [0.15, 0.2) is 24.3 Å². The largest absolute Gasteiger partial charge is 0.480 e. The second kappa shape index (κ2) is 10.9. The lowest BCUT2D eigenvalue weighted by Gasteiger charge is -2.31. The molecule has 1 amide bonds. The average Bonchev–Trinajstić information content (AvgIpc) is 3.60. The highest BCUT2D eigenvalue weighted by atomic mass is 35.5. The van der Waals surface area contributed by atoms with Crippen molar-refractivity contribution in [2.75, 3.05) is 26.8 Å². The van der Waals surface area contributed by atoms with Crippen LogP contribution in [0.2, 0.25) is 5.02 Å². The van der Waals surface area contributed by atoms with E-state index in [1.807, 2.05) is 5.38 Å². The molecule has 13 heteroatoms. The summed E-state index contributed by atoms with van der Waals surface area (Å²) in [6.45, 7) is 1.02. The van der Waals surface area contributed by atoms with Crippen molar-refractivity contribution in [3.63, 3.8) is 0 Å². The van der Waals surface area contributed by atoms with Crippen molar-refractivity contribution in [1.29, 1.82) is 0 Å². The minimum absolute atomic E-state index is 0.0460. The molecule has 0 spiro atoms. The molecule has 194 valence electrons. The summed E-state index contributed by atoms with van der Waals surface area (Å²) < 4.78 is 38.5. The molecule has 9 nitrogen and oxygen atoms in total. The van der Waals surface area contributed by atoms with Crippen LogP contribution in [0.1, 0.15) is 47.5 Å². The minimum atomic E-state index is -1.03. The maximum Gasteiger partial charge on any atom is 0.260 e. The Kier molecular flexibility index (Phi) is 7.47. The van der Waals surface area contributed by atoms with Crippen molar-refractivity contribution < 1.29 is 27.9 Å². The molecule has 4 heterocycles. The molecule has 0 N–H and O–H groups in total. The first-order valence-electron chi connectivity index (χ1n) is 11.5. The van der Waals surface area contributed by atoms with Gasteiger partial charge in [-0.05, 0) is 25.0 Å². The smallest absolute Gasteiger partial charge is 0.260 e. The molecule has 1 saturated heterocycles. The van der Waals surface area contributed by atoms with E-state index >= 15 is 0 Å². The SMILES string of the molecule is COc1cncc(OCC(=O)N2CCC(c3nc(C4=NOC(c5c(Cl)ccc(F)c5F)C4)cs3)CC2)n1. The van der Waals surface area contributed by atoms with E-state index in [2.05, 4.69) is 15.1 Å². The number of carbonyl (C=O) groups excluding carboxylic acids is 1. The van der Waals surface area contributed by atoms with Crippen LogP contribution in [0.3, 0.4) is 0 Å². The van der Waals surface area contributed by atoms with Crippen molar-refractivity contribution in [2.24, 2.45) is 5.16 Å². The molecule has 0 saturated carbocycles. The first kappa shape index (κ1) is 25.3. The van der Waals surface area contributed by atoms with Crippen LogP contribution >= 0.6 is 22.9 Å². The van der Waals surface area contributed by atoms with Gasteiger partial charge in [0.25, 0.3) is 5.91 Å². The van der Waals surface area contributed by atoms with Crippen LogP contribution in [0.5, 0.6) is 11.8 Å². The Bertz CT molecular complexity index is 1330. The molecule has 3 aromatic rings. The van der Waals surface area contributed by atoms with E-state index in [-0.39, 0.29) is 41.3 Å². The maximum atomic E-state index is 14.3. The highest BCUT2D eigenvalue weighted by molar-refractivity contribution is 7.10. The summed E-state index contributed by atoms with van der Waals surface area (Å²) in [5.41, 5.74) is 1.15. The van der Waals surface area contributed by atoms with E-state index in [1.54, 1.807) is 4.90 Å². The Morgan fingerprint density at radius 2 is 2.00 bits per heavy atom. The van der Waals surface area contributed by atoms with Crippen LogP contribution in [0.15, 0.2) is 35.1 Å². The summed E-state index contributed by atoms with van der Waals surface area (Å²) in [7, 11) is 1.48. The van der Waals surface area contributed by atoms with Crippen LogP contribution in [0.4, 0.5) is 8.78 Å². The second-order valence-electron chi connectivity index (χ2n) is 8.51. The number of piperidine rings is 1. The zero-order chi connectivity index (χ0) is 25.9. The molecule has 0 aliphatic carbocycles. The van der Waals surface area contributed by atoms with Gasteiger partial charge in [0.2, 0.25) is 11.8 Å². The van der Waals surface area contributed by atoms with Crippen LogP contribution in [0.25, 0.3) is 0 Å². The highest BCUT2D eigenvalue weighted by Crippen LogP contribution is 2.37. The third kappa shape index (κ3) is 5.49. The zero-order valence-corrected chi connectivity index (χ0v) is 21.3. The van der Waals surface area contributed by atoms with Crippen molar-refractivity contribution in [1.82, 2.24) is 19.9 Å². The molecule has 2 aliphatic rings. The fourth-order valence-electron chi connectivity index (χ4n) is 4.23. The molecule has 1 unspecified atom stereocenters. The monoisotopic (exact) mass is 549 g/mol. The number of halogens is 3. The van der Waals surface area contributed by atoms with Gasteiger partial charge in [-0.25, -0.2) is 13.8 Å². The molecule has 0 radical (unpaired) electrons. The standard InChI is InChI=1S/C24H22ClF2N5O4S/c1-34-19-9-28-10-20(30-19)35-11-21(33)32-6-4-13(5-7-32)24-29-17(12-37-24)16-8-18(36-31-16)22-14(25)2-3-15(26)23(22)27/h2-3,9-10,12-13,18H,4-8,11H2,1H3. The zero-order valence-electron chi connectivity index (χ0n) is 19.7. The normalized spacial score (nSPS) is 17.9. The average molecular weight is 550 g/mol. The molecular weight excluding hydrogens is 528 g/mol. The summed E-state index contributed by atoms with van der Waals surface area (Å²) >= 11 is 7.59.